The van der Waals surface area contributed by atoms with E-state index in [4.69, 9.17) is 5.11 Å². The SMILES string of the molecule is [Li][c]1cccc(C(=O)O)c1. The molecule has 3 heteroatoms. The van der Waals surface area contributed by atoms with Crippen molar-refractivity contribution in [2.24, 2.45) is 0 Å². The van der Waals surface area contributed by atoms with E-state index in [0.717, 1.165) is 4.24 Å². The van der Waals surface area contributed by atoms with Crippen LogP contribution in [-0.4, -0.2) is 28.8 Å². The van der Waals surface area contributed by atoms with Gasteiger partial charge in [-0.05, 0) is 0 Å². The van der Waals surface area contributed by atoms with Gasteiger partial charge < -0.3 is 0 Å². The van der Waals surface area contributed by atoms with Crippen LogP contribution >= 0.6 is 0 Å². The predicted octanol–water partition coefficient (Wildman–Crippen LogP) is 0.179. The zero-order chi connectivity index (χ0) is 7.56. The van der Waals surface area contributed by atoms with Crippen LogP contribution in [0.4, 0.5) is 0 Å². The summed E-state index contributed by atoms with van der Waals surface area (Å²) in [5.41, 5.74) is 0.347. The molecule has 1 aromatic rings. The molecule has 0 unspecified atom stereocenters. The molecule has 0 radical (unpaired) electrons. The second-order valence-electron chi connectivity index (χ2n) is 2.17. The van der Waals surface area contributed by atoms with Crippen LogP contribution in [0.25, 0.3) is 0 Å². The molecule has 46 valence electrons. The number of hydrogen-bond donors (Lipinski definition) is 1. The molecule has 0 saturated heterocycles. The number of rotatable bonds is 1. The Morgan fingerprint density at radius 3 is 2.60 bits per heavy atom. The van der Waals surface area contributed by atoms with Crippen LogP contribution in [0.2, 0.25) is 0 Å². The fourth-order valence-electron chi connectivity index (χ4n) is 0.778. The van der Waals surface area contributed by atoms with Gasteiger partial charge in [0.15, 0.2) is 0 Å². The van der Waals surface area contributed by atoms with E-state index in [1.165, 1.54) is 0 Å². The quantitative estimate of drug-likeness (QED) is 0.547. The van der Waals surface area contributed by atoms with Crippen LogP contribution in [0.15, 0.2) is 24.3 Å². The zero-order valence-corrected chi connectivity index (χ0v) is 5.66. The van der Waals surface area contributed by atoms with Crippen LogP contribution in [-0.2, 0) is 0 Å². The molecule has 10 heavy (non-hydrogen) atoms. The Kier molecular flexibility index (Phi) is 2.16. The number of hydrogen-bond acceptors (Lipinski definition) is 1. The van der Waals surface area contributed by atoms with Crippen molar-refractivity contribution in [2.45, 2.75) is 0 Å². The van der Waals surface area contributed by atoms with E-state index in [1.807, 2.05) is 23.8 Å². The van der Waals surface area contributed by atoms with E-state index >= 15 is 0 Å². The third kappa shape index (κ3) is 1.63. The van der Waals surface area contributed by atoms with Crippen molar-refractivity contribution in [3.8, 4) is 0 Å². The van der Waals surface area contributed by atoms with Gasteiger partial charge in [0.2, 0.25) is 0 Å². The summed E-state index contributed by atoms with van der Waals surface area (Å²) in [5, 5.41) is 8.51. The molecular formula is C7H5LiO2. The van der Waals surface area contributed by atoms with Crippen LogP contribution in [0.3, 0.4) is 0 Å². The number of carboxylic acid groups (broad SMARTS) is 1. The predicted molar refractivity (Wildman–Crippen MR) is 38.8 cm³/mol. The molecule has 0 amide bonds. The molecule has 1 aromatic carbocycles. The van der Waals surface area contributed by atoms with E-state index in [0.29, 0.717) is 5.56 Å². The number of benzene rings is 1. The summed E-state index contributed by atoms with van der Waals surface area (Å²) in [7, 11) is 0. The van der Waals surface area contributed by atoms with Crippen LogP contribution in [0.5, 0.6) is 0 Å². The summed E-state index contributed by atoms with van der Waals surface area (Å²) < 4.78 is 0.972. The molecule has 0 saturated carbocycles. The van der Waals surface area contributed by atoms with Gasteiger partial charge in [0.1, 0.15) is 0 Å². The standard InChI is InChI=1S/C7H5O2.Li/c8-7(9)6-4-2-1-3-5-6;/h1-2,4-5H,(H,8,9);. The molecular weight excluding hydrogens is 123 g/mol. The van der Waals surface area contributed by atoms with Gasteiger partial charge in [-0.3, -0.25) is 0 Å². The monoisotopic (exact) mass is 128 g/mol. The van der Waals surface area contributed by atoms with Gasteiger partial charge in [-0.2, -0.15) is 0 Å². The minimum atomic E-state index is -0.872. The Morgan fingerprint density at radius 2 is 2.20 bits per heavy atom. The summed E-state index contributed by atoms with van der Waals surface area (Å²) in [4.78, 5) is 10.4. The second kappa shape index (κ2) is 2.92. The Balaban J connectivity index is 3.07. The summed E-state index contributed by atoms with van der Waals surface area (Å²) in [5.74, 6) is -0.872. The Hall–Kier alpha value is -0.713. The van der Waals surface area contributed by atoms with Crippen molar-refractivity contribution in [3.05, 3.63) is 29.8 Å². The first-order chi connectivity index (χ1) is 4.70. The molecule has 0 atom stereocenters. The van der Waals surface area contributed by atoms with Crippen molar-refractivity contribution in [2.75, 3.05) is 0 Å². The van der Waals surface area contributed by atoms with Gasteiger partial charge in [0, 0.05) is 0 Å². The van der Waals surface area contributed by atoms with E-state index in [-0.39, 0.29) is 0 Å². The van der Waals surface area contributed by atoms with Gasteiger partial charge in [-0.1, -0.05) is 0 Å². The average Bonchev–Trinajstić information content (AvgIpc) is 1.88. The zero-order valence-electron chi connectivity index (χ0n) is 5.66. The van der Waals surface area contributed by atoms with Crippen molar-refractivity contribution in [3.63, 3.8) is 0 Å². The molecule has 1 N–H and O–H groups in total. The van der Waals surface area contributed by atoms with Crippen molar-refractivity contribution < 1.29 is 9.90 Å². The Labute approximate surface area is 68.1 Å². The van der Waals surface area contributed by atoms with Crippen LogP contribution in [0.1, 0.15) is 10.4 Å². The molecule has 0 spiro atoms. The first-order valence-electron chi connectivity index (χ1n) is 3.00. The van der Waals surface area contributed by atoms with Gasteiger partial charge in [0.05, 0.1) is 0 Å². The molecule has 0 heterocycles. The first kappa shape index (κ1) is 7.40. The molecule has 0 aliphatic heterocycles. The topological polar surface area (TPSA) is 37.3 Å². The fraction of sp³-hybridized carbons (Fsp3) is 0. The number of carbonyl (C=O) groups is 1. The summed E-state index contributed by atoms with van der Waals surface area (Å²) in [6.45, 7) is 0. The van der Waals surface area contributed by atoms with Gasteiger partial charge >= 0.3 is 67.7 Å². The van der Waals surface area contributed by atoms with Crippen molar-refractivity contribution in [1.29, 1.82) is 0 Å². The van der Waals surface area contributed by atoms with E-state index in [2.05, 4.69) is 0 Å². The second-order valence-corrected chi connectivity index (χ2v) is 2.17. The van der Waals surface area contributed by atoms with E-state index in [1.54, 1.807) is 18.2 Å². The molecule has 0 aliphatic rings. The fourth-order valence-corrected chi connectivity index (χ4v) is 0.778. The van der Waals surface area contributed by atoms with Gasteiger partial charge in [0.25, 0.3) is 0 Å². The maximum atomic E-state index is 10.4. The maximum absolute atomic E-state index is 10.4. The number of aromatic carboxylic acids is 1. The third-order valence-electron chi connectivity index (χ3n) is 1.27. The first-order valence-corrected chi connectivity index (χ1v) is 3.00. The van der Waals surface area contributed by atoms with Crippen molar-refractivity contribution in [1.82, 2.24) is 0 Å². The third-order valence-corrected chi connectivity index (χ3v) is 1.27. The van der Waals surface area contributed by atoms with E-state index < -0.39 is 5.97 Å². The minimum absolute atomic E-state index is 0.347. The summed E-state index contributed by atoms with van der Waals surface area (Å²) >= 11 is 1.87. The van der Waals surface area contributed by atoms with Crippen LogP contribution < -0.4 is 4.24 Å². The Bertz CT molecular complexity index is 258. The van der Waals surface area contributed by atoms with E-state index in [9.17, 15) is 4.79 Å². The number of carboxylic acids is 1. The van der Waals surface area contributed by atoms with Gasteiger partial charge in [-0.25, -0.2) is 0 Å². The molecule has 0 fully saturated rings. The van der Waals surface area contributed by atoms with Gasteiger partial charge in [-0.15, -0.1) is 0 Å². The Morgan fingerprint density at radius 1 is 1.50 bits per heavy atom. The normalized spacial score (nSPS) is 9.40. The molecule has 0 aromatic heterocycles. The molecule has 2 nitrogen and oxygen atoms in total. The summed E-state index contributed by atoms with van der Waals surface area (Å²) in [6.07, 6.45) is 0. The molecule has 0 bridgehead atoms. The summed E-state index contributed by atoms with van der Waals surface area (Å²) in [6, 6.07) is 6.82. The average molecular weight is 128 g/mol. The molecule has 0 aliphatic carbocycles. The van der Waals surface area contributed by atoms with Crippen molar-refractivity contribution >= 4 is 27.9 Å². The van der Waals surface area contributed by atoms with Crippen LogP contribution in [0, 0.1) is 0 Å². The molecule has 1 rings (SSSR count).